The maximum Gasteiger partial charge on any atom is 0.164 e. The van der Waals surface area contributed by atoms with E-state index in [4.69, 9.17) is 15.0 Å². The van der Waals surface area contributed by atoms with Gasteiger partial charge in [-0.2, -0.15) is 0 Å². The summed E-state index contributed by atoms with van der Waals surface area (Å²) < 4.78 is 2.33. The molecule has 2 aliphatic rings. The van der Waals surface area contributed by atoms with Crippen LogP contribution in [0.4, 0.5) is 0 Å². The fourth-order valence-corrected chi connectivity index (χ4v) is 11.3. The largest absolute Gasteiger partial charge is 0.309 e. The molecule has 0 radical (unpaired) electrons. The van der Waals surface area contributed by atoms with E-state index in [0.717, 1.165) is 27.9 Å². The van der Waals surface area contributed by atoms with Crippen LogP contribution in [0.3, 0.4) is 0 Å². The minimum atomic E-state index is -0.453. The van der Waals surface area contributed by atoms with E-state index in [9.17, 15) is 0 Å². The minimum absolute atomic E-state index is 0.453. The fourth-order valence-electron chi connectivity index (χ4n) is 11.3. The molecular formula is C62H38N4. The summed E-state index contributed by atoms with van der Waals surface area (Å²) in [5.74, 6) is 1.89. The molecule has 0 N–H and O–H groups in total. The Morgan fingerprint density at radius 3 is 1.33 bits per heavy atom. The van der Waals surface area contributed by atoms with Gasteiger partial charge in [-0.1, -0.05) is 188 Å². The molecule has 1 spiro atoms. The van der Waals surface area contributed by atoms with Crippen LogP contribution in [0.5, 0.6) is 0 Å². The van der Waals surface area contributed by atoms with Crippen LogP contribution in [0, 0.1) is 0 Å². The molecule has 2 heterocycles. The smallest absolute Gasteiger partial charge is 0.164 e. The van der Waals surface area contributed by atoms with Crippen LogP contribution in [0.25, 0.3) is 106 Å². The summed E-state index contributed by atoms with van der Waals surface area (Å²) in [6.07, 6.45) is 0. The van der Waals surface area contributed by atoms with Crippen molar-refractivity contribution in [2.75, 3.05) is 0 Å². The summed E-state index contributed by atoms with van der Waals surface area (Å²) >= 11 is 0. The van der Waals surface area contributed by atoms with Crippen LogP contribution in [0.2, 0.25) is 0 Å². The third-order valence-electron chi connectivity index (χ3n) is 14.1. The van der Waals surface area contributed by atoms with Gasteiger partial charge in [-0.15, -0.1) is 0 Å². The monoisotopic (exact) mass is 838 g/mol. The Morgan fingerprint density at radius 1 is 0.318 bits per heavy atom. The number of hydrogen-bond donors (Lipinski definition) is 0. The molecule has 4 nitrogen and oxygen atoms in total. The molecule has 0 aliphatic heterocycles. The second-order valence-electron chi connectivity index (χ2n) is 17.4. The molecule has 14 rings (SSSR count). The van der Waals surface area contributed by atoms with Gasteiger partial charge < -0.3 is 4.57 Å². The molecule has 2 aliphatic carbocycles. The predicted octanol–water partition coefficient (Wildman–Crippen LogP) is 15.1. The van der Waals surface area contributed by atoms with Crippen molar-refractivity contribution in [2.24, 2.45) is 0 Å². The molecule has 306 valence electrons. The standard InChI is InChI=1S/C62H38N4/c1-2-16-40(17-3-1)59-63-60(65-61(64-59)42-34-36-44(37-35-42)66-55-28-14-9-22-48(55)49-23-10-15-29-56(49)66)41-32-30-39(31-33-41)51-38-43-18-4-5-19-45(43)58-57(51)50-24-8-13-27-54(50)62(58)52-25-11-6-20-46(52)47-21-7-12-26-53(47)62/h1-38H. The van der Waals surface area contributed by atoms with Gasteiger partial charge in [-0.05, 0) is 109 Å². The molecule has 4 heteroatoms. The first-order chi connectivity index (χ1) is 32.7. The highest BCUT2D eigenvalue weighted by atomic mass is 15.0. The number of nitrogens with zero attached hydrogens (tertiary/aromatic N) is 4. The number of aromatic nitrogens is 4. The lowest BCUT2D eigenvalue weighted by atomic mass is 9.69. The summed E-state index contributed by atoms with van der Waals surface area (Å²) in [7, 11) is 0. The van der Waals surface area contributed by atoms with E-state index in [-0.39, 0.29) is 0 Å². The average molecular weight is 839 g/mol. The lowest BCUT2D eigenvalue weighted by Crippen LogP contribution is -2.26. The first-order valence-corrected chi connectivity index (χ1v) is 22.6. The lowest BCUT2D eigenvalue weighted by molar-refractivity contribution is 0.801. The first kappa shape index (κ1) is 36.7. The maximum absolute atomic E-state index is 5.18. The van der Waals surface area contributed by atoms with Crippen LogP contribution < -0.4 is 0 Å². The van der Waals surface area contributed by atoms with Crippen molar-refractivity contribution >= 4 is 32.6 Å². The molecule has 66 heavy (non-hydrogen) atoms. The highest BCUT2D eigenvalue weighted by Crippen LogP contribution is 2.65. The molecule has 0 saturated carbocycles. The molecule has 0 fully saturated rings. The van der Waals surface area contributed by atoms with Gasteiger partial charge in [-0.25, -0.2) is 15.0 Å². The van der Waals surface area contributed by atoms with Gasteiger partial charge in [0.1, 0.15) is 0 Å². The van der Waals surface area contributed by atoms with E-state index >= 15 is 0 Å². The number of hydrogen-bond acceptors (Lipinski definition) is 3. The SMILES string of the molecule is c1ccc(-c2nc(-c3ccc(-c4cc5ccccc5c5c4-c4ccccc4C54c5ccccc5-c5ccccc54)cc3)nc(-c3ccc(-n4c5ccccc5c5ccccc54)cc3)n2)cc1. The van der Waals surface area contributed by atoms with Crippen molar-refractivity contribution < 1.29 is 0 Å². The van der Waals surface area contributed by atoms with Crippen molar-refractivity contribution in [2.45, 2.75) is 5.41 Å². The molecule has 12 aromatic rings. The molecular weight excluding hydrogens is 801 g/mol. The molecule has 0 bridgehead atoms. The Morgan fingerprint density at radius 2 is 0.742 bits per heavy atom. The van der Waals surface area contributed by atoms with E-state index in [0.29, 0.717) is 17.5 Å². The Bertz CT molecular complexity index is 3820. The molecule has 2 aromatic heterocycles. The molecule has 10 aromatic carbocycles. The van der Waals surface area contributed by atoms with Crippen molar-refractivity contribution in [1.82, 2.24) is 19.5 Å². The average Bonchev–Trinajstić information content (AvgIpc) is 4.01. The van der Waals surface area contributed by atoms with Crippen LogP contribution in [-0.4, -0.2) is 19.5 Å². The van der Waals surface area contributed by atoms with Gasteiger partial charge in [0, 0.05) is 33.2 Å². The van der Waals surface area contributed by atoms with Gasteiger partial charge in [0.25, 0.3) is 0 Å². The quantitative estimate of drug-likeness (QED) is 0.173. The zero-order valence-electron chi connectivity index (χ0n) is 35.7. The fraction of sp³-hybridized carbons (Fsp3) is 0.0161. The number of fused-ring (bicyclic) bond motifs is 15. The third kappa shape index (κ3) is 5.18. The first-order valence-electron chi connectivity index (χ1n) is 22.6. The van der Waals surface area contributed by atoms with Crippen molar-refractivity contribution in [3.05, 3.63) is 253 Å². The van der Waals surface area contributed by atoms with E-state index in [1.807, 2.05) is 18.2 Å². The summed E-state index contributed by atoms with van der Waals surface area (Å²) in [5, 5.41) is 4.98. The lowest BCUT2D eigenvalue weighted by Gasteiger charge is -2.31. The summed E-state index contributed by atoms with van der Waals surface area (Å²) in [5.41, 5.74) is 18.7. The van der Waals surface area contributed by atoms with E-state index in [2.05, 4.69) is 217 Å². The Kier molecular flexibility index (Phi) is 7.87. The normalized spacial score (nSPS) is 13.0. The second-order valence-corrected chi connectivity index (χ2v) is 17.4. The van der Waals surface area contributed by atoms with Gasteiger partial charge in [0.15, 0.2) is 17.5 Å². The summed E-state index contributed by atoms with van der Waals surface area (Å²) in [4.78, 5) is 15.4. The number of benzene rings is 10. The van der Waals surface area contributed by atoms with Gasteiger partial charge in [0.2, 0.25) is 0 Å². The number of rotatable bonds is 5. The van der Waals surface area contributed by atoms with Crippen molar-refractivity contribution in [3.63, 3.8) is 0 Å². The third-order valence-corrected chi connectivity index (χ3v) is 14.1. The summed E-state index contributed by atoms with van der Waals surface area (Å²) in [6.45, 7) is 0. The molecule has 0 atom stereocenters. The Labute approximate surface area is 381 Å². The topological polar surface area (TPSA) is 43.6 Å². The molecule has 0 unspecified atom stereocenters. The number of para-hydroxylation sites is 2. The van der Waals surface area contributed by atoms with E-state index < -0.39 is 5.41 Å². The van der Waals surface area contributed by atoms with Crippen LogP contribution >= 0.6 is 0 Å². The van der Waals surface area contributed by atoms with E-state index in [1.165, 1.54) is 82.6 Å². The highest BCUT2D eigenvalue weighted by molar-refractivity contribution is 6.10. The molecule has 0 amide bonds. The van der Waals surface area contributed by atoms with Crippen molar-refractivity contribution in [3.8, 4) is 73.2 Å². The van der Waals surface area contributed by atoms with E-state index in [1.54, 1.807) is 0 Å². The van der Waals surface area contributed by atoms with Crippen molar-refractivity contribution in [1.29, 1.82) is 0 Å². The van der Waals surface area contributed by atoms with Gasteiger partial charge >= 0.3 is 0 Å². The van der Waals surface area contributed by atoms with Gasteiger partial charge in [0.05, 0.1) is 16.4 Å². The maximum atomic E-state index is 5.18. The predicted molar refractivity (Wildman–Crippen MR) is 270 cm³/mol. The zero-order valence-corrected chi connectivity index (χ0v) is 35.7. The summed E-state index contributed by atoms with van der Waals surface area (Å²) in [6, 6.07) is 83.3. The zero-order chi connectivity index (χ0) is 43.3. The van der Waals surface area contributed by atoms with Crippen LogP contribution in [-0.2, 0) is 5.41 Å². The van der Waals surface area contributed by atoms with Gasteiger partial charge in [-0.3, -0.25) is 0 Å². The van der Waals surface area contributed by atoms with Crippen LogP contribution in [0.1, 0.15) is 22.3 Å². The van der Waals surface area contributed by atoms with Crippen LogP contribution in [0.15, 0.2) is 231 Å². The Balaban J connectivity index is 0.914. The second kappa shape index (κ2) is 14.1. The minimum Gasteiger partial charge on any atom is -0.309 e. The molecule has 0 saturated heterocycles. The highest BCUT2D eigenvalue weighted by Gasteiger charge is 2.53. The Hall–Kier alpha value is -8.73.